The molecule has 1 aromatic heterocycles. The second kappa shape index (κ2) is 7.09. The van der Waals surface area contributed by atoms with Crippen LogP contribution in [0.1, 0.15) is 46.6 Å². The predicted octanol–water partition coefficient (Wildman–Crippen LogP) is 3.74. The fourth-order valence-electron chi connectivity index (χ4n) is 4.08. The Morgan fingerprint density at radius 1 is 1.18 bits per heavy atom. The van der Waals surface area contributed by atoms with E-state index >= 15 is 0 Å². The molecule has 0 spiro atoms. The van der Waals surface area contributed by atoms with E-state index in [1.54, 1.807) is 10.6 Å². The zero-order chi connectivity index (χ0) is 20.0. The first kappa shape index (κ1) is 18.7. The van der Waals surface area contributed by atoms with Gasteiger partial charge in [-0.2, -0.15) is 0 Å². The number of benzene rings is 1. The molecule has 28 heavy (non-hydrogen) atoms. The van der Waals surface area contributed by atoms with Crippen molar-refractivity contribution < 1.29 is 14.3 Å². The SMILES string of the molecule is C=C1CCCCc2c1c(=O)c(O)c1n2CCN(Cc2ccc(F)c(Cl)c2)C1=O. The van der Waals surface area contributed by atoms with E-state index < -0.39 is 22.9 Å². The molecule has 1 aromatic carbocycles. The van der Waals surface area contributed by atoms with E-state index in [1.807, 2.05) is 0 Å². The van der Waals surface area contributed by atoms with Gasteiger partial charge >= 0.3 is 0 Å². The summed E-state index contributed by atoms with van der Waals surface area (Å²) in [5.74, 6) is -1.46. The third-order valence-electron chi connectivity index (χ3n) is 5.49. The van der Waals surface area contributed by atoms with Gasteiger partial charge in [0.1, 0.15) is 5.82 Å². The van der Waals surface area contributed by atoms with Gasteiger partial charge in [0.2, 0.25) is 5.43 Å². The molecule has 0 radical (unpaired) electrons. The van der Waals surface area contributed by atoms with Crippen LogP contribution in [0.5, 0.6) is 5.75 Å². The zero-order valence-electron chi connectivity index (χ0n) is 15.3. The number of carbonyl (C=O) groups is 1. The summed E-state index contributed by atoms with van der Waals surface area (Å²) in [6.45, 7) is 5.12. The summed E-state index contributed by atoms with van der Waals surface area (Å²) in [7, 11) is 0. The predicted molar refractivity (Wildman–Crippen MR) is 105 cm³/mol. The van der Waals surface area contributed by atoms with Crippen LogP contribution in [0.25, 0.3) is 5.57 Å². The van der Waals surface area contributed by atoms with Crippen LogP contribution in [-0.4, -0.2) is 27.0 Å². The minimum absolute atomic E-state index is 0.00902. The fourth-order valence-corrected chi connectivity index (χ4v) is 4.28. The number of amides is 1. The highest BCUT2D eigenvalue weighted by atomic mass is 35.5. The smallest absolute Gasteiger partial charge is 0.274 e. The number of aromatic nitrogens is 1. The lowest BCUT2D eigenvalue weighted by atomic mass is 10.00. The number of halogens is 2. The van der Waals surface area contributed by atoms with Crippen LogP contribution < -0.4 is 5.43 Å². The average molecular weight is 403 g/mol. The first-order valence-corrected chi connectivity index (χ1v) is 9.66. The van der Waals surface area contributed by atoms with Crippen molar-refractivity contribution in [2.24, 2.45) is 0 Å². The maximum atomic E-state index is 13.4. The van der Waals surface area contributed by atoms with Crippen LogP contribution in [0.3, 0.4) is 0 Å². The topological polar surface area (TPSA) is 62.5 Å². The van der Waals surface area contributed by atoms with Gasteiger partial charge in [0.15, 0.2) is 11.4 Å². The first-order chi connectivity index (χ1) is 13.4. The van der Waals surface area contributed by atoms with Crippen molar-refractivity contribution in [2.45, 2.75) is 38.8 Å². The lowest BCUT2D eigenvalue weighted by Crippen LogP contribution is -2.42. The van der Waals surface area contributed by atoms with Crippen LogP contribution in [-0.2, 0) is 19.5 Å². The number of hydrogen-bond donors (Lipinski definition) is 1. The molecule has 2 aliphatic rings. The van der Waals surface area contributed by atoms with E-state index in [9.17, 15) is 19.1 Å². The summed E-state index contributed by atoms with van der Waals surface area (Å²) >= 11 is 5.83. The van der Waals surface area contributed by atoms with Crippen LogP contribution in [0.4, 0.5) is 4.39 Å². The number of hydrogen-bond acceptors (Lipinski definition) is 3. The summed E-state index contributed by atoms with van der Waals surface area (Å²) in [6, 6.07) is 4.30. The van der Waals surface area contributed by atoms with Gasteiger partial charge in [-0.3, -0.25) is 9.59 Å². The lowest BCUT2D eigenvalue weighted by Gasteiger charge is -2.32. The van der Waals surface area contributed by atoms with Crippen molar-refractivity contribution in [3.63, 3.8) is 0 Å². The molecular formula is C21H20ClFN2O3. The van der Waals surface area contributed by atoms with Gasteiger partial charge in [-0.25, -0.2) is 4.39 Å². The van der Waals surface area contributed by atoms with E-state index in [2.05, 4.69) is 6.58 Å². The van der Waals surface area contributed by atoms with Gasteiger partial charge < -0.3 is 14.6 Å². The number of carbonyl (C=O) groups excluding carboxylic acids is 1. The fraction of sp³-hybridized carbons (Fsp3) is 0.333. The normalized spacial score (nSPS) is 16.6. The Balaban J connectivity index is 1.75. The molecule has 0 fully saturated rings. The number of aromatic hydroxyl groups is 1. The minimum Gasteiger partial charge on any atom is -0.503 e. The summed E-state index contributed by atoms with van der Waals surface area (Å²) in [4.78, 5) is 27.4. The molecule has 1 aliphatic carbocycles. The van der Waals surface area contributed by atoms with Gasteiger partial charge in [-0.1, -0.05) is 24.2 Å². The van der Waals surface area contributed by atoms with Crippen LogP contribution in [0, 0.1) is 5.82 Å². The highest BCUT2D eigenvalue weighted by Gasteiger charge is 2.33. The molecule has 7 heteroatoms. The molecule has 0 unspecified atom stereocenters. The molecule has 0 atom stereocenters. The number of fused-ring (bicyclic) bond motifs is 3. The lowest BCUT2D eigenvalue weighted by molar-refractivity contribution is 0.0681. The molecule has 2 aromatic rings. The van der Waals surface area contributed by atoms with Crippen LogP contribution in [0.15, 0.2) is 29.6 Å². The molecule has 2 heterocycles. The summed E-state index contributed by atoms with van der Waals surface area (Å²) < 4.78 is 15.2. The third-order valence-corrected chi connectivity index (χ3v) is 5.78. The molecule has 0 saturated heterocycles. The molecule has 4 rings (SSSR count). The zero-order valence-corrected chi connectivity index (χ0v) is 16.1. The largest absolute Gasteiger partial charge is 0.503 e. The number of rotatable bonds is 2. The first-order valence-electron chi connectivity index (χ1n) is 9.28. The van der Waals surface area contributed by atoms with Crippen LogP contribution in [0.2, 0.25) is 5.02 Å². The standard InChI is InChI=1S/C21H20ClFN2O3/c1-12-4-2-3-5-16-17(12)19(26)20(27)18-21(28)24(8-9-25(16)18)11-13-6-7-15(23)14(22)10-13/h6-7,10,27H,1-5,8-9,11H2. The van der Waals surface area contributed by atoms with Gasteiger partial charge in [0, 0.05) is 30.9 Å². The molecule has 146 valence electrons. The maximum absolute atomic E-state index is 13.4. The Morgan fingerprint density at radius 2 is 1.93 bits per heavy atom. The highest BCUT2D eigenvalue weighted by molar-refractivity contribution is 6.30. The Labute approximate surface area is 166 Å². The molecule has 1 amide bonds. The average Bonchev–Trinajstić information content (AvgIpc) is 2.86. The Kier molecular flexibility index (Phi) is 4.75. The summed E-state index contributed by atoms with van der Waals surface area (Å²) in [5.41, 5.74) is 2.16. The molecule has 0 bridgehead atoms. The second-order valence-corrected chi connectivity index (χ2v) is 7.69. The van der Waals surface area contributed by atoms with Crippen LogP contribution >= 0.6 is 11.6 Å². The third kappa shape index (κ3) is 3.02. The van der Waals surface area contributed by atoms with Gasteiger partial charge in [-0.15, -0.1) is 0 Å². The Hall–Kier alpha value is -2.60. The van der Waals surface area contributed by atoms with E-state index in [-0.39, 0.29) is 17.3 Å². The van der Waals surface area contributed by atoms with Crippen molar-refractivity contribution in [2.75, 3.05) is 6.54 Å². The summed E-state index contributed by atoms with van der Waals surface area (Å²) in [5, 5.41) is 10.5. The quantitative estimate of drug-likeness (QED) is 0.778. The van der Waals surface area contributed by atoms with Crippen molar-refractivity contribution >= 4 is 23.1 Å². The Bertz CT molecular complexity index is 1060. The van der Waals surface area contributed by atoms with E-state index in [0.717, 1.165) is 24.1 Å². The second-order valence-electron chi connectivity index (χ2n) is 7.29. The Morgan fingerprint density at radius 3 is 2.68 bits per heavy atom. The van der Waals surface area contributed by atoms with Gasteiger partial charge in [0.05, 0.1) is 5.02 Å². The van der Waals surface area contributed by atoms with Gasteiger partial charge in [-0.05, 0) is 49.0 Å². The maximum Gasteiger partial charge on any atom is 0.274 e. The monoisotopic (exact) mass is 402 g/mol. The number of allylic oxidation sites excluding steroid dienone is 1. The van der Waals surface area contributed by atoms with Crippen molar-refractivity contribution in [3.05, 3.63) is 68.4 Å². The molecule has 1 N–H and O–H groups in total. The molecule has 0 saturated carbocycles. The van der Waals surface area contributed by atoms with Crippen molar-refractivity contribution in [3.8, 4) is 5.75 Å². The van der Waals surface area contributed by atoms with Crippen molar-refractivity contribution in [1.82, 2.24) is 9.47 Å². The van der Waals surface area contributed by atoms with E-state index in [0.29, 0.717) is 37.1 Å². The molecular weight excluding hydrogens is 383 g/mol. The van der Waals surface area contributed by atoms with E-state index in [1.165, 1.54) is 17.0 Å². The van der Waals surface area contributed by atoms with E-state index in [4.69, 9.17) is 11.6 Å². The number of nitrogens with zero attached hydrogens (tertiary/aromatic N) is 2. The number of pyridine rings is 1. The summed E-state index contributed by atoms with van der Waals surface area (Å²) in [6.07, 6.45) is 3.22. The molecule has 1 aliphatic heterocycles. The van der Waals surface area contributed by atoms with Gasteiger partial charge in [0.25, 0.3) is 5.91 Å². The molecule has 5 nitrogen and oxygen atoms in total. The highest BCUT2D eigenvalue weighted by Crippen LogP contribution is 2.32. The minimum atomic E-state index is -0.521. The van der Waals surface area contributed by atoms with Crippen molar-refractivity contribution in [1.29, 1.82) is 0 Å².